The van der Waals surface area contributed by atoms with Crippen molar-refractivity contribution in [3.05, 3.63) is 35.9 Å². The van der Waals surface area contributed by atoms with Crippen LogP contribution in [0.5, 0.6) is 5.75 Å². The lowest BCUT2D eigenvalue weighted by Crippen LogP contribution is -2.11. The van der Waals surface area contributed by atoms with Gasteiger partial charge in [0.05, 0.1) is 6.20 Å². The van der Waals surface area contributed by atoms with Gasteiger partial charge in [-0.25, -0.2) is 4.98 Å². The Balaban J connectivity index is 2.44. The van der Waals surface area contributed by atoms with Crippen LogP contribution in [0.2, 0.25) is 0 Å². The van der Waals surface area contributed by atoms with Gasteiger partial charge in [-0.15, -0.1) is 0 Å². The van der Waals surface area contributed by atoms with E-state index in [9.17, 15) is 5.11 Å². The molecule has 0 amide bonds. The average Bonchev–Trinajstić information content (AvgIpc) is 2.62. The number of aromatic hydroxyl groups is 1. The first-order valence-corrected chi connectivity index (χ1v) is 5.64. The third-order valence-corrected chi connectivity index (χ3v) is 2.71. The number of oxazole rings is 1. The molecule has 3 nitrogen and oxygen atoms in total. The fraction of sp³-hybridized carbons (Fsp3) is 0.357. The summed E-state index contributed by atoms with van der Waals surface area (Å²) in [5.74, 6) is 1.60. The molecule has 0 fully saturated rings. The van der Waals surface area contributed by atoms with Crippen molar-refractivity contribution in [2.75, 3.05) is 0 Å². The van der Waals surface area contributed by atoms with Crippen molar-refractivity contribution < 1.29 is 9.52 Å². The van der Waals surface area contributed by atoms with Crippen LogP contribution in [0.4, 0.5) is 0 Å². The van der Waals surface area contributed by atoms with E-state index in [0.29, 0.717) is 17.4 Å². The zero-order valence-corrected chi connectivity index (χ0v) is 10.6. The number of benzene rings is 1. The average molecular weight is 231 g/mol. The van der Waals surface area contributed by atoms with Crippen molar-refractivity contribution in [2.45, 2.75) is 33.1 Å². The fourth-order valence-electron chi connectivity index (χ4n) is 1.81. The van der Waals surface area contributed by atoms with Crippen LogP contribution in [0, 0.1) is 6.92 Å². The van der Waals surface area contributed by atoms with Gasteiger partial charge >= 0.3 is 0 Å². The van der Waals surface area contributed by atoms with Crippen LogP contribution in [-0.2, 0) is 5.41 Å². The van der Waals surface area contributed by atoms with Crippen LogP contribution < -0.4 is 0 Å². The van der Waals surface area contributed by atoms with Crippen molar-refractivity contribution in [1.29, 1.82) is 0 Å². The second-order valence-electron chi connectivity index (χ2n) is 5.23. The van der Waals surface area contributed by atoms with Crippen LogP contribution in [0.1, 0.15) is 32.2 Å². The molecule has 2 aromatic rings. The van der Waals surface area contributed by atoms with E-state index in [-0.39, 0.29) is 5.41 Å². The number of phenols is 1. The monoisotopic (exact) mass is 231 g/mol. The molecular weight excluding hydrogens is 214 g/mol. The zero-order valence-electron chi connectivity index (χ0n) is 10.6. The molecular formula is C14H17NO2. The van der Waals surface area contributed by atoms with Gasteiger partial charge in [-0.1, -0.05) is 32.9 Å². The molecule has 1 N–H and O–H groups in total. The highest BCUT2D eigenvalue weighted by molar-refractivity contribution is 5.60. The van der Waals surface area contributed by atoms with Gasteiger partial charge < -0.3 is 9.52 Å². The molecule has 0 bridgehead atoms. The number of nitrogens with zero attached hydrogens (tertiary/aromatic N) is 1. The van der Waals surface area contributed by atoms with E-state index < -0.39 is 0 Å². The molecule has 0 spiro atoms. The first-order valence-electron chi connectivity index (χ1n) is 5.64. The summed E-state index contributed by atoms with van der Waals surface area (Å²) in [4.78, 5) is 4.05. The van der Waals surface area contributed by atoms with Gasteiger partial charge in [0.25, 0.3) is 0 Å². The normalized spacial score (nSPS) is 11.8. The maximum atomic E-state index is 10.0. The summed E-state index contributed by atoms with van der Waals surface area (Å²) in [6, 6.07) is 5.60. The van der Waals surface area contributed by atoms with Crippen molar-refractivity contribution >= 4 is 0 Å². The summed E-state index contributed by atoms with van der Waals surface area (Å²) < 4.78 is 5.43. The zero-order chi connectivity index (χ0) is 12.6. The van der Waals surface area contributed by atoms with Gasteiger partial charge in [0.2, 0.25) is 0 Å². The van der Waals surface area contributed by atoms with Crippen LogP contribution >= 0.6 is 0 Å². The first kappa shape index (κ1) is 11.7. The number of phenolic OH excluding ortho intramolecular Hbond substituents is 1. The molecule has 1 heterocycles. The number of hydrogen-bond donors (Lipinski definition) is 1. The molecule has 0 saturated carbocycles. The Morgan fingerprint density at radius 1 is 1.24 bits per heavy atom. The molecule has 0 saturated heterocycles. The predicted molar refractivity (Wildman–Crippen MR) is 67.0 cm³/mol. The Labute approximate surface area is 101 Å². The molecule has 17 heavy (non-hydrogen) atoms. The lowest BCUT2D eigenvalue weighted by molar-refractivity contribution is 0.446. The smallest absolute Gasteiger partial charge is 0.191 e. The Morgan fingerprint density at radius 3 is 2.41 bits per heavy atom. The molecule has 90 valence electrons. The van der Waals surface area contributed by atoms with E-state index in [2.05, 4.69) is 25.8 Å². The Kier molecular flexibility index (Phi) is 2.69. The summed E-state index contributed by atoms with van der Waals surface area (Å²) in [7, 11) is 0. The third-order valence-electron chi connectivity index (χ3n) is 2.71. The van der Waals surface area contributed by atoms with Crippen LogP contribution in [0.3, 0.4) is 0 Å². The second kappa shape index (κ2) is 3.91. The van der Waals surface area contributed by atoms with Crippen LogP contribution in [0.15, 0.2) is 28.8 Å². The quantitative estimate of drug-likeness (QED) is 0.814. The summed E-state index contributed by atoms with van der Waals surface area (Å²) in [6.45, 7) is 8.01. The van der Waals surface area contributed by atoms with Gasteiger partial charge in [-0.05, 0) is 17.0 Å². The van der Waals surface area contributed by atoms with Crippen molar-refractivity contribution in [2.24, 2.45) is 0 Å². The number of aromatic nitrogens is 1. The van der Waals surface area contributed by atoms with E-state index in [1.54, 1.807) is 19.2 Å². The summed E-state index contributed by atoms with van der Waals surface area (Å²) >= 11 is 0. The molecule has 2 rings (SSSR count). The molecule has 3 heteroatoms. The minimum absolute atomic E-state index is 0.0695. The predicted octanol–water partition coefficient (Wildman–Crippen LogP) is 3.65. The molecule has 0 radical (unpaired) electrons. The fourth-order valence-corrected chi connectivity index (χ4v) is 1.81. The largest absolute Gasteiger partial charge is 0.508 e. The number of hydrogen-bond acceptors (Lipinski definition) is 3. The van der Waals surface area contributed by atoms with E-state index in [0.717, 1.165) is 11.1 Å². The SMILES string of the molecule is Cc1ncc(-c2ccc(C(C)(C)C)c(O)c2)o1. The standard InChI is InChI=1S/C14H17NO2/c1-9-15-8-13(17-9)10-5-6-11(12(16)7-10)14(2,3)4/h5-8,16H,1-4H3. The maximum absolute atomic E-state index is 10.0. The number of aryl methyl sites for hydroxylation is 1. The molecule has 0 unspecified atom stereocenters. The Hall–Kier alpha value is -1.77. The highest BCUT2D eigenvalue weighted by atomic mass is 16.4. The lowest BCUT2D eigenvalue weighted by atomic mass is 9.86. The highest BCUT2D eigenvalue weighted by Gasteiger charge is 2.18. The van der Waals surface area contributed by atoms with Gasteiger partial charge in [0, 0.05) is 12.5 Å². The van der Waals surface area contributed by atoms with Gasteiger partial charge in [-0.2, -0.15) is 0 Å². The van der Waals surface area contributed by atoms with E-state index in [1.165, 1.54) is 0 Å². The van der Waals surface area contributed by atoms with Gasteiger partial charge in [0.15, 0.2) is 11.7 Å². The van der Waals surface area contributed by atoms with E-state index in [1.807, 2.05) is 12.1 Å². The van der Waals surface area contributed by atoms with Crippen molar-refractivity contribution in [3.8, 4) is 17.1 Å². The van der Waals surface area contributed by atoms with E-state index in [4.69, 9.17) is 4.42 Å². The van der Waals surface area contributed by atoms with Crippen molar-refractivity contribution in [1.82, 2.24) is 4.98 Å². The summed E-state index contributed by atoms with van der Waals surface area (Å²) in [6.07, 6.45) is 1.67. The third kappa shape index (κ3) is 2.33. The topological polar surface area (TPSA) is 46.3 Å². The van der Waals surface area contributed by atoms with Crippen LogP contribution in [0.25, 0.3) is 11.3 Å². The minimum atomic E-state index is -0.0695. The molecule has 0 atom stereocenters. The lowest BCUT2D eigenvalue weighted by Gasteiger charge is -2.20. The summed E-state index contributed by atoms with van der Waals surface area (Å²) in [5.41, 5.74) is 1.70. The first-order chi connectivity index (χ1) is 7.88. The van der Waals surface area contributed by atoms with Gasteiger partial charge in [0.1, 0.15) is 5.75 Å². The molecule has 0 aliphatic carbocycles. The summed E-state index contributed by atoms with van der Waals surface area (Å²) in [5, 5.41) is 10.0. The molecule has 1 aromatic carbocycles. The number of rotatable bonds is 1. The molecule has 0 aliphatic heterocycles. The van der Waals surface area contributed by atoms with Crippen molar-refractivity contribution in [3.63, 3.8) is 0 Å². The maximum Gasteiger partial charge on any atom is 0.191 e. The van der Waals surface area contributed by atoms with Crippen LogP contribution in [-0.4, -0.2) is 10.1 Å². The Bertz CT molecular complexity index is 535. The Morgan fingerprint density at radius 2 is 1.94 bits per heavy atom. The molecule has 0 aliphatic rings. The van der Waals surface area contributed by atoms with Gasteiger partial charge in [-0.3, -0.25) is 0 Å². The molecule has 1 aromatic heterocycles. The van der Waals surface area contributed by atoms with E-state index >= 15 is 0 Å². The second-order valence-corrected chi connectivity index (χ2v) is 5.23. The highest BCUT2D eigenvalue weighted by Crippen LogP contribution is 2.34. The minimum Gasteiger partial charge on any atom is -0.508 e.